The molecule has 0 saturated carbocycles. The van der Waals surface area contributed by atoms with E-state index in [4.69, 9.17) is 9.52 Å². The first-order valence-corrected chi connectivity index (χ1v) is 8.01. The molecule has 130 valence electrons. The van der Waals surface area contributed by atoms with E-state index in [2.05, 4.69) is 9.97 Å². The molecular formula is C19H15N3O4. The number of carboxylic acid groups (broad SMARTS) is 1. The number of Topliss-reactive ketones (excluding diaryl/α,β-unsaturated/α-hetero) is 1. The molecule has 7 nitrogen and oxygen atoms in total. The van der Waals surface area contributed by atoms with Crippen LogP contribution in [0.5, 0.6) is 0 Å². The van der Waals surface area contributed by atoms with Crippen LogP contribution in [0.25, 0.3) is 22.1 Å². The molecule has 0 unspecified atom stereocenters. The van der Waals surface area contributed by atoms with Crippen molar-refractivity contribution in [3.05, 3.63) is 59.2 Å². The number of ketones is 1. The van der Waals surface area contributed by atoms with Crippen molar-refractivity contribution in [1.29, 1.82) is 0 Å². The van der Waals surface area contributed by atoms with Gasteiger partial charge in [0, 0.05) is 12.6 Å². The maximum Gasteiger partial charge on any atom is 0.335 e. The molecule has 0 atom stereocenters. The van der Waals surface area contributed by atoms with Crippen LogP contribution in [-0.2, 0) is 13.5 Å². The van der Waals surface area contributed by atoms with E-state index >= 15 is 0 Å². The highest BCUT2D eigenvalue weighted by Gasteiger charge is 2.15. The van der Waals surface area contributed by atoms with Crippen LogP contribution < -0.4 is 0 Å². The Labute approximate surface area is 147 Å². The molecule has 0 aliphatic rings. The second-order valence-electron chi connectivity index (χ2n) is 6.12. The van der Waals surface area contributed by atoms with Crippen molar-refractivity contribution < 1.29 is 19.1 Å². The van der Waals surface area contributed by atoms with Gasteiger partial charge >= 0.3 is 5.97 Å². The van der Waals surface area contributed by atoms with E-state index in [0.29, 0.717) is 40.3 Å². The summed E-state index contributed by atoms with van der Waals surface area (Å²) < 4.78 is 7.65. The van der Waals surface area contributed by atoms with E-state index in [0.717, 1.165) is 5.52 Å². The Balaban J connectivity index is 1.72. The van der Waals surface area contributed by atoms with Gasteiger partial charge in [0.15, 0.2) is 11.4 Å². The normalized spacial score (nSPS) is 11.3. The molecular weight excluding hydrogens is 334 g/mol. The number of carboxylic acids is 1. The van der Waals surface area contributed by atoms with Gasteiger partial charge in [-0.2, -0.15) is 0 Å². The van der Waals surface area contributed by atoms with Crippen molar-refractivity contribution in [2.24, 2.45) is 7.05 Å². The van der Waals surface area contributed by atoms with E-state index in [9.17, 15) is 9.59 Å². The summed E-state index contributed by atoms with van der Waals surface area (Å²) in [4.78, 5) is 31.6. The zero-order valence-electron chi connectivity index (χ0n) is 14.2. The molecule has 2 aromatic heterocycles. The maximum absolute atomic E-state index is 11.5. The molecule has 7 heteroatoms. The summed E-state index contributed by atoms with van der Waals surface area (Å²) in [7, 11) is 1.86. The highest BCUT2D eigenvalue weighted by molar-refractivity contribution is 5.97. The summed E-state index contributed by atoms with van der Waals surface area (Å²) in [6, 6.07) is 10.0. The van der Waals surface area contributed by atoms with Gasteiger partial charge in [0.05, 0.1) is 23.0 Å². The van der Waals surface area contributed by atoms with Gasteiger partial charge in [0.1, 0.15) is 11.3 Å². The second-order valence-corrected chi connectivity index (χ2v) is 6.12. The molecule has 0 fully saturated rings. The van der Waals surface area contributed by atoms with E-state index in [1.807, 2.05) is 11.6 Å². The number of fused-ring (bicyclic) bond motifs is 2. The number of benzene rings is 2. The maximum atomic E-state index is 11.5. The first-order valence-electron chi connectivity index (χ1n) is 8.01. The minimum Gasteiger partial charge on any atom is -0.478 e. The fourth-order valence-corrected chi connectivity index (χ4v) is 2.94. The van der Waals surface area contributed by atoms with Crippen molar-refractivity contribution in [3.63, 3.8) is 0 Å². The first-order chi connectivity index (χ1) is 12.4. The lowest BCUT2D eigenvalue weighted by Gasteiger charge is -1.99. The Morgan fingerprint density at radius 2 is 1.85 bits per heavy atom. The SMILES string of the molecule is CC(=O)c1ccc2nc(Cc3nc4cc(C(=O)O)ccc4n3C)oc2c1. The van der Waals surface area contributed by atoms with Gasteiger partial charge in [-0.05, 0) is 43.3 Å². The third-order valence-electron chi connectivity index (χ3n) is 4.37. The van der Waals surface area contributed by atoms with Crippen LogP contribution in [0.15, 0.2) is 40.8 Å². The zero-order valence-corrected chi connectivity index (χ0v) is 14.2. The predicted octanol–water partition coefficient (Wildman–Crippen LogP) is 3.21. The molecule has 26 heavy (non-hydrogen) atoms. The first kappa shape index (κ1) is 16.0. The van der Waals surface area contributed by atoms with Gasteiger partial charge in [-0.25, -0.2) is 14.8 Å². The van der Waals surface area contributed by atoms with Gasteiger partial charge in [0.25, 0.3) is 0 Å². The molecule has 4 rings (SSSR count). The van der Waals surface area contributed by atoms with Gasteiger partial charge in [0.2, 0.25) is 5.89 Å². The number of hydrogen-bond acceptors (Lipinski definition) is 5. The fraction of sp³-hybridized carbons (Fsp3) is 0.158. The monoisotopic (exact) mass is 349 g/mol. The molecule has 0 spiro atoms. The quantitative estimate of drug-likeness (QED) is 0.568. The summed E-state index contributed by atoms with van der Waals surface area (Å²) in [5, 5.41) is 9.11. The Kier molecular flexibility index (Phi) is 3.57. The summed E-state index contributed by atoms with van der Waals surface area (Å²) in [5.41, 5.74) is 3.44. The number of aryl methyl sites for hydroxylation is 1. The van der Waals surface area contributed by atoms with E-state index in [1.165, 1.54) is 6.92 Å². The lowest BCUT2D eigenvalue weighted by Crippen LogP contribution is -1.99. The number of aromatic carboxylic acids is 1. The predicted molar refractivity (Wildman–Crippen MR) is 94.5 cm³/mol. The third-order valence-corrected chi connectivity index (χ3v) is 4.37. The van der Waals surface area contributed by atoms with Gasteiger partial charge < -0.3 is 14.1 Å². The van der Waals surface area contributed by atoms with Crippen molar-refractivity contribution in [1.82, 2.24) is 14.5 Å². The minimum absolute atomic E-state index is 0.0329. The highest BCUT2D eigenvalue weighted by Crippen LogP contribution is 2.22. The van der Waals surface area contributed by atoms with Gasteiger partial charge in [-0.1, -0.05) is 0 Å². The molecule has 0 saturated heterocycles. The van der Waals surface area contributed by atoms with Crippen molar-refractivity contribution in [2.45, 2.75) is 13.3 Å². The molecule has 4 aromatic rings. The number of carbonyl (C=O) groups excluding carboxylic acids is 1. The topological polar surface area (TPSA) is 98.2 Å². The van der Waals surface area contributed by atoms with Crippen LogP contribution in [-0.4, -0.2) is 31.4 Å². The number of aromatic nitrogens is 3. The Hall–Kier alpha value is -3.48. The van der Waals surface area contributed by atoms with Crippen LogP contribution in [0.1, 0.15) is 39.4 Å². The van der Waals surface area contributed by atoms with Crippen LogP contribution >= 0.6 is 0 Å². The average molecular weight is 349 g/mol. The smallest absolute Gasteiger partial charge is 0.335 e. The summed E-state index contributed by atoms with van der Waals surface area (Å²) in [6.45, 7) is 1.50. The third kappa shape index (κ3) is 2.63. The molecule has 0 amide bonds. The number of carbonyl (C=O) groups is 2. The largest absolute Gasteiger partial charge is 0.478 e. The Bertz CT molecular complexity index is 1190. The van der Waals surface area contributed by atoms with E-state index in [1.54, 1.807) is 36.4 Å². The summed E-state index contributed by atoms with van der Waals surface area (Å²) in [6.07, 6.45) is 0.359. The molecule has 0 bridgehead atoms. The number of rotatable bonds is 4. The van der Waals surface area contributed by atoms with Crippen molar-refractivity contribution in [2.75, 3.05) is 0 Å². The Morgan fingerprint density at radius 3 is 2.58 bits per heavy atom. The number of imidazole rings is 1. The molecule has 0 radical (unpaired) electrons. The van der Waals surface area contributed by atoms with Crippen molar-refractivity contribution >= 4 is 33.9 Å². The highest BCUT2D eigenvalue weighted by atomic mass is 16.4. The molecule has 2 aromatic carbocycles. The summed E-state index contributed by atoms with van der Waals surface area (Å²) >= 11 is 0. The zero-order chi connectivity index (χ0) is 18.4. The van der Waals surface area contributed by atoms with E-state index in [-0.39, 0.29) is 11.3 Å². The second kappa shape index (κ2) is 5.80. The molecule has 2 heterocycles. The van der Waals surface area contributed by atoms with Crippen LogP contribution in [0.3, 0.4) is 0 Å². The van der Waals surface area contributed by atoms with Crippen LogP contribution in [0.4, 0.5) is 0 Å². The van der Waals surface area contributed by atoms with E-state index < -0.39 is 5.97 Å². The van der Waals surface area contributed by atoms with Crippen LogP contribution in [0, 0.1) is 0 Å². The summed E-state index contributed by atoms with van der Waals surface area (Å²) in [5.74, 6) is 0.173. The fourth-order valence-electron chi connectivity index (χ4n) is 2.94. The number of oxazole rings is 1. The standard InChI is InChI=1S/C19H15N3O4/c1-10(23)11-3-5-13-16(8-11)26-18(21-13)9-17-20-14-7-12(19(24)25)4-6-15(14)22(17)2/h3-8H,9H2,1-2H3,(H,24,25). The lowest BCUT2D eigenvalue weighted by atomic mass is 10.1. The molecule has 0 aliphatic heterocycles. The Morgan fingerprint density at radius 1 is 1.08 bits per heavy atom. The number of hydrogen-bond donors (Lipinski definition) is 1. The van der Waals surface area contributed by atoms with Crippen LogP contribution in [0.2, 0.25) is 0 Å². The van der Waals surface area contributed by atoms with Crippen molar-refractivity contribution in [3.8, 4) is 0 Å². The number of nitrogens with zero attached hydrogens (tertiary/aromatic N) is 3. The van der Waals surface area contributed by atoms with Gasteiger partial charge in [-0.3, -0.25) is 4.79 Å². The lowest BCUT2D eigenvalue weighted by molar-refractivity contribution is 0.0696. The molecule has 0 aliphatic carbocycles. The minimum atomic E-state index is -0.987. The molecule has 1 N–H and O–H groups in total. The average Bonchev–Trinajstić information content (AvgIpc) is 3.14. The van der Waals surface area contributed by atoms with Gasteiger partial charge in [-0.15, -0.1) is 0 Å².